The molecule has 1 N–H and O–H groups in total. The molecule has 0 spiro atoms. The van der Waals surface area contributed by atoms with Crippen molar-refractivity contribution in [1.82, 2.24) is 4.98 Å². The minimum atomic E-state index is -0.218. The van der Waals surface area contributed by atoms with Gasteiger partial charge in [0.15, 0.2) is 5.13 Å². The summed E-state index contributed by atoms with van der Waals surface area (Å²) in [5.41, 5.74) is 1.77. The number of unbranched alkanes of at least 4 members (excludes halogenated alkanes) is 1. The highest BCUT2D eigenvalue weighted by Crippen LogP contribution is 2.29. The van der Waals surface area contributed by atoms with Crippen molar-refractivity contribution in [3.63, 3.8) is 0 Å². The van der Waals surface area contributed by atoms with E-state index >= 15 is 0 Å². The molecule has 27 heavy (non-hydrogen) atoms. The number of benzene rings is 2. The zero-order valence-electron chi connectivity index (χ0n) is 15.4. The fraction of sp³-hybridized carbons (Fsp3) is 0.238. The summed E-state index contributed by atoms with van der Waals surface area (Å²) in [7, 11) is 1.62. The van der Waals surface area contributed by atoms with Crippen LogP contribution in [0.2, 0.25) is 0 Å². The molecule has 1 heterocycles. The molecule has 3 aromatic rings. The van der Waals surface area contributed by atoms with E-state index in [0.717, 1.165) is 40.1 Å². The van der Waals surface area contributed by atoms with E-state index in [1.54, 1.807) is 13.2 Å². The summed E-state index contributed by atoms with van der Waals surface area (Å²) in [6.45, 7) is 2.84. The second kappa shape index (κ2) is 9.19. The van der Waals surface area contributed by atoms with Crippen LogP contribution in [0.5, 0.6) is 11.5 Å². The maximum Gasteiger partial charge on any atom is 0.250 e. The summed E-state index contributed by atoms with van der Waals surface area (Å²) in [6, 6.07) is 13.3. The first-order valence-electron chi connectivity index (χ1n) is 8.84. The van der Waals surface area contributed by atoms with Crippen LogP contribution in [0.3, 0.4) is 0 Å². The smallest absolute Gasteiger partial charge is 0.250 e. The summed E-state index contributed by atoms with van der Waals surface area (Å²) in [5.74, 6) is 1.39. The van der Waals surface area contributed by atoms with E-state index in [1.165, 1.54) is 17.4 Å². The van der Waals surface area contributed by atoms with Crippen molar-refractivity contribution in [3.05, 3.63) is 54.1 Å². The van der Waals surface area contributed by atoms with Crippen molar-refractivity contribution in [2.45, 2.75) is 19.8 Å². The summed E-state index contributed by atoms with van der Waals surface area (Å²) >= 11 is 1.43. The van der Waals surface area contributed by atoms with Gasteiger partial charge in [0, 0.05) is 6.08 Å². The number of hydrogen-bond donors (Lipinski definition) is 1. The molecule has 3 rings (SSSR count). The third kappa shape index (κ3) is 5.31. The lowest BCUT2D eigenvalue weighted by Gasteiger charge is -2.04. The molecule has 5 nitrogen and oxygen atoms in total. The van der Waals surface area contributed by atoms with Crippen molar-refractivity contribution in [2.24, 2.45) is 0 Å². The Morgan fingerprint density at radius 1 is 1.19 bits per heavy atom. The third-order valence-corrected chi connectivity index (χ3v) is 4.83. The highest BCUT2D eigenvalue weighted by atomic mass is 32.1. The van der Waals surface area contributed by atoms with Crippen molar-refractivity contribution in [3.8, 4) is 11.5 Å². The Kier molecular flexibility index (Phi) is 6.44. The van der Waals surface area contributed by atoms with Crippen molar-refractivity contribution in [2.75, 3.05) is 19.0 Å². The van der Waals surface area contributed by atoms with Crippen molar-refractivity contribution in [1.29, 1.82) is 0 Å². The zero-order chi connectivity index (χ0) is 19.1. The number of thiazole rings is 1. The highest BCUT2D eigenvalue weighted by Gasteiger charge is 2.07. The Bertz CT molecular complexity index is 932. The molecule has 0 aliphatic rings. The van der Waals surface area contributed by atoms with Gasteiger partial charge in [0.25, 0.3) is 0 Å². The van der Waals surface area contributed by atoms with E-state index in [1.807, 2.05) is 42.5 Å². The fourth-order valence-corrected chi connectivity index (χ4v) is 3.31. The van der Waals surface area contributed by atoms with Gasteiger partial charge in [0.05, 0.1) is 23.9 Å². The van der Waals surface area contributed by atoms with Gasteiger partial charge in [0.2, 0.25) is 5.91 Å². The third-order valence-electron chi connectivity index (χ3n) is 3.90. The van der Waals surface area contributed by atoms with E-state index in [2.05, 4.69) is 17.2 Å². The fourth-order valence-electron chi connectivity index (χ4n) is 2.42. The average Bonchev–Trinajstić information content (AvgIpc) is 3.08. The summed E-state index contributed by atoms with van der Waals surface area (Å²) in [6.07, 6.45) is 5.38. The number of carbonyl (C=O) groups is 1. The predicted octanol–water partition coefficient (Wildman–Crippen LogP) is 5.14. The number of fused-ring (bicyclic) bond motifs is 1. The molecule has 1 amide bonds. The number of ether oxygens (including phenoxy) is 2. The van der Waals surface area contributed by atoms with Crippen molar-refractivity contribution < 1.29 is 14.3 Å². The number of nitrogens with one attached hydrogen (secondary N) is 1. The SMILES string of the molecule is CCCCOc1ccc2nc(NC(=O)/C=C/c3ccc(OC)cc3)sc2c1. The number of hydrogen-bond acceptors (Lipinski definition) is 5. The Hall–Kier alpha value is -2.86. The van der Waals surface area contributed by atoms with Crippen LogP contribution in [-0.4, -0.2) is 24.6 Å². The number of aromatic nitrogens is 1. The molecule has 0 radical (unpaired) electrons. The van der Waals surface area contributed by atoms with Crippen LogP contribution in [0.4, 0.5) is 5.13 Å². The molecule has 0 aliphatic carbocycles. The van der Waals surface area contributed by atoms with Crippen LogP contribution in [0.25, 0.3) is 16.3 Å². The standard InChI is InChI=1S/C21H22N2O3S/c1-3-4-13-26-17-10-11-18-19(14-17)27-21(22-18)23-20(24)12-7-15-5-8-16(25-2)9-6-15/h5-12,14H,3-4,13H2,1-2H3,(H,22,23,24)/b12-7+. The topological polar surface area (TPSA) is 60.5 Å². The summed E-state index contributed by atoms with van der Waals surface area (Å²) in [4.78, 5) is 16.6. The molecule has 2 aromatic carbocycles. The van der Waals surface area contributed by atoms with Crippen LogP contribution in [-0.2, 0) is 4.79 Å². The van der Waals surface area contributed by atoms with Crippen LogP contribution in [0.1, 0.15) is 25.3 Å². The number of carbonyl (C=O) groups excluding carboxylic acids is 1. The van der Waals surface area contributed by atoms with E-state index in [9.17, 15) is 4.79 Å². The van der Waals surface area contributed by atoms with Gasteiger partial charge in [-0.25, -0.2) is 4.98 Å². The largest absolute Gasteiger partial charge is 0.497 e. The van der Waals surface area contributed by atoms with Gasteiger partial charge < -0.3 is 9.47 Å². The minimum Gasteiger partial charge on any atom is -0.497 e. The van der Waals surface area contributed by atoms with Gasteiger partial charge in [-0.1, -0.05) is 36.8 Å². The molecule has 6 heteroatoms. The summed E-state index contributed by atoms with van der Waals surface area (Å²) in [5, 5.41) is 3.38. The van der Waals surface area contributed by atoms with E-state index < -0.39 is 0 Å². The Labute approximate surface area is 162 Å². The molecule has 0 saturated carbocycles. The second-order valence-corrected chi connectivity index (χ2v) is 6.98. The number of amides is 1. The van der Waals surface area contributed by atoms with E-state index in [0.29, 0.717) is 11.7 Å². The Morgan fingerprint density at radius 3 is 2.70 bits per heavy atom. The molecule has 140 valence electrons. The molecule has 0 aliphatic heterocycles. The van der Waals surface area contributed by atoms with Crippen LogP contribution >= 0.6 is 11.3 Å². The minimum absolute atomic E-state index is 0.218. The lowest BCUT2D eigenvalue weighted by molar-refractivity contribution is -0.111. The second-order valence-electron chi connectivity index (χ2n) is 5.95. The van der Waals surface area contributed by atoms with Crippen LogP contribution in [0.15, 0.2) is 48.5 Å². The van der Waals surface area contributed by atoms with Crippen molar-refractivity contribution >= 4 is 38.7 Å². The Morgan fingerprint density at radius 2 is 1.96 bits per heavy atom. The molecule has 0 fully saturated rings. The molecule has 0 atom stereocenters. The Balaban J connectivity index is 1.62. The first-order valence-corrected chi connectivity index (χ1v) is 9.66. The number of rotatable bonds is 8. The van der Waals surface area contributed by atoms with E-state index in [4.69, 9.17) is 9.47 Å². The number of anilines is 1. The van der Waals surface area contributed by atoms with Gasteiger partial charge in [-0.05, 0) is 48.4 Å². The first kappa shape index (κ1) is 18.9. The van der Waals surface area contributed by atoms with Gasteiger partial charge in [-0.15, -0.1) is 0 Å². The first-order chi connectivity index (χ1) is 13.2. The van der Waals surface area contributed by atoms with Gasteiger partial charge in [0.1, 0.15) is 11.5 Å². The quantitative estimate of drug-likeness (QED) is 0.433. The maximum atomic E-state index is 12.1. The lowest BCUT2D eigenvalue weighted by Crippen LogP contribution is -2.07. The van der Waals surface area contributed by atoms with Crippen LogP contribution < -0.4 is 14.8 Å². The maximum absolute atomic E-state index is 12.1. The van der Waals surface area contributed by atoms with Gasteiger partial charge in [-0.2, -0.15) is 0 Å². The lowest BCUT2D eigenvalue weighted by atomic mass is 10.2. The number of methoxy groups -OCH3 is 1. The van der Waals surface area contributed by atoms with Gasteiger partial charge in [-0.3, -0.25) is 10.1 Å². The average molecular weight is 382 g/mol. The summed E-state index contributed by atoms with van der Waals surface area (Å²) < 4.78 is 11.8. The molecule has 1 aromatic heterocycles. The normalized spacial score (nSPS) is 11.0. The molecular formula is C21H22N2O3S. The number of nitrogens with zero attached hydrogens (tertiary/aromatic N) is 1. The monoisotopic (exact) mass is 382 g/mol. The molecule has 0 unspecified atom stereocenters. The van der Waals surface area contributed by atoms with Crippen LogP contribution in [0, 0.1) is 0 Å². The predicted molar refractivity (Wildman–Crippen MR) is 111 cm³/mol. The molecule has 0 saturated heterocycles. The molecular weight excluding hydrogens is 360 g/mol. The zero-order valence-corrected chi connectivity index (χ0v) is 16.2. The highest BCUT2D eigenvalue weighted by molar-refractivity contribution is 7.22. The van der Waals surface area contributed by atoms with Gasteiger partial charge >= 0.3 is 0 Å². The molecule has 0 bridgehead atoms. The van der Waals surface area contributed by atoms with E-state index in [-0.39, 0.29) is 5.91 Å².